The number of ether oxygens (including phenoxy) is 2. The molecule has 29 heavy (non-hydrogen) atoms. The number of rotatable bonds is 9. The first-order valence-corrected chi connectivity index (χ1v) is 10.4. The zero-order valence-electron chi connectivity index (χ0n) is 16.5. The second-order valence-electron chi connectivity index (χ2n) is 6.18. The number of hydrogen-bond acceptors (Lipinski definition) is 6. The van der Waals surface area contributed by atoms with Crippen LogP contribution in [0.25, 0.3) is 0 Å². The number of amides is 1. The summed E-state index contributed by atoms with van der Waals surface area (Å²) >= 11 is 0. The number of carbonyl (C=O) groups is 2. The van der Waals surface area contributed by atoms with E-state index in [1.54, 1.807) is 31.2 Å². The van der Waals surface area contributed by atoms with Crippen molar-refractivity contribution in [2.24, 2.45) is 0 Å². The summed E-state index contributed by atoms with van der Waals surface area (Å²) in [5.41, 5.74) is 1.96. The van der Waals surface area contributed by atoms with E-state index in [2.05, 4.69) is 10.0 Å². The van der Waals surface area contributed by atoms with Gasteiger partial charge in [-0.2, -0.15) is 0 Å². The fourth-order valence-corrected chi connectivity index (χ4v) is 3.42. The van der Waals surface area contributed by atoms with Crippen LogP contribution in [0, 0.1) is 6.92 Å². The third-order valence-corrected chi connectivity index (χ3v) is 5.64. The summed E-state index contributed by atoms with van der Waals surface area (Å²) in [6.45, 7) is 2.84. The Morgan fingerprint density at radius 1 is 1.03 bits per heavy atom. The Morgan fingerprint density at radius 3 is 2.34 bits per heavy atom. The molecule has 0 aliphatic carbocycles. The summed E-state index contributed by atoms with van der Waals surface area (Å²) < 4.78 is 36.4. The first-order chi connectivity index (χ1) is 13.7. The van der Waals surface area contributed by atoms with Crippen LogP contribution in [0.3, 0.4) is 0 Å². The van der Waals surface area contributed by atoms with E-state index in [0.717, 1.165) is 12.0 Å². The maximum absolute atomic E-state index is 12.0. The van der Waals surface area contributed by atoms with E-state index >= 15 is 0 Å². The molecule has 0 radical (unpaired) electrons. The Bertz CT molecular complexity index is 971. The SMILES string of the molecule is CCc1ccc(OCC(=O)OCC(=O)Nc2ccc(C)c(S(=O)(=O)NC)c2)cc1. The lowest BCUT2D eigenvalue weighted by Gasteiger charge is -2.11. The molecular weight excluding hydrogens is 396 g/mol. The van der Waals surface area contributed by atoms with Crippen molar-refractivity contribution in [3.63, 3.8) is 0 Å². The van der Waals surface area contributed by atoms with Crippen molar-refractivity contribution in [2.75, 3.05) is 25.6 Å². The zero-order chi connectivity index (χ0) is 21.4. The van der Waals surface area contributed by atoms with Gasteiger partial charge in [0.1, 0.15) is 5.75 Å². The largest absolute Gasteiger partial charge is 0.482 e. The molecule has 2 rings (SSSR count). The van der Waals surface area contributed by atoms with Crippen LogP contribution in [0.15, 0.2) is 47.4 Å². The highest BCUT2D eigenvalue weighted by atomic mass is 32.2. The number of esters is 1. The highest BCUT2D eigenvalue weighted by Gasteiger charge is 2.16. The standard InChI is InChI=1S/C20H24N2O6S/c1-4-15-6-9-17(10-7-15)27-13-20(24)28-12-19(23)22-16-8-5-14(2)18(11-16)29(25,26)21-3/h5-11,21H,4,12-13H2,1-3H3,(H,22,23). The van der Waals surface area contributed by atoms with Crippen LogP contribution < -0.4 is 14.8 Å². The molecule has 0 aliphatic rings. The molecule has 0 atom stereocenters. The van der Waals surface area contributed by atoms with Crippen LogP contribution in [0.5, 0.6) is 5.75 Å². The summed E-state index contributed by atoms with van der Waals surface area (Å²) in [6, 6.07) is 11.8. The number of aryl methyl sites for hydroxylation is 2. The topological polar surface area (TPSA) is 111 Å². The van der Waals surface area contributed by atoms with E-state index in [1.165, 1.54) is 13.1 Å². The Hall–Kier alpha value is -2.91. The summed E-state index contributed by atoms with van der Waals surface area (Å²) in [6.07, 6.45) is 0.904. The molecule has 0 aliphatic heterocycles. The smallest absolute Gasteiger partial charge is 0.344 e. The predicted octanol–water partition coefficient (Wildman–Crippen LogP) is 2.03. The van der Waals surface area contributed by atoms with E-state index in [1.807, 2.05) is 19.1 Å². The molecule has 0 unspecified atom stereocenters. The zero-order valence-corrected chi connectivity index (χ0v) is 17.3. The van der Waals surface area contributed by atoms with Crippen molar-refractivity contribution >= 4 is 27.6 Å². The molecule has 0 heterocycles. The van der Waals surface area contributed by atoms with Gasteiger partial charge in [-0.3, -0.25) is 4.79 Å². The molecule has 0 aromatic heterocycles. The van der Waals surface area contributed by atoms with Gasteiger partial charge in [0.2, 0.25) is 10.0 Å². The van der Waals surface area contributed by atoms with Crippen LogP contribution >= 0.6 is 0 Å². The van der Waals surface area contributed by atoms with Crippen LogP contribution in [0.1, 0.15) is 18.1 Å². The Kier molecular flexibility index (Phi) is 7.74. The Labute approximate surface area is 170 Å². The number of sulfonamides is 1. The van der Waals surface area contributed by atoms with E-state index < -0.39 is 28.5 Å². The van der Waals surface area contributed by atoms with E-state index in [-0.39, 0.29) is 17.2 Å². The minimum absolute atomic E-state index is 0.0530. The molecule has 156 valence electrons. The molecule has 2 aromatic rings. The molecule has 0 saturated heterocycles. The van der Waals surface area contributed by atoms with Crippen LogP contribution in [0.4, 0.5) is 5.69 Å². The van der Waals surface area contributed by atoms with Crippen molar-refractivity contribution in [1.29, 1.82) is 0 Å². The molecule has 0 spiro atoms. The first kappa shape index (κ1) is 22.4. The highest BCUT2D eigenvalue weighted by molar-refractivity contribution is 7.89. The van der Waals surface area contributed by atoms with Crippen LogP contribution in [-0.2, 0) is 30.8 Å². The van der Waals surface area contributed by atoms with Crippen LogP contribution in [-0.4, -0.2) is 40.6 Å². The average molecular weight is 420 g/mol. The van der Waals surface area contributed by atoms with Gasteiger partial charge in [0.25, 0.3) is 5.91 Å². The summed E-state index contributed by atoms with van der Waals surface area (Å²) in [4.78, 5) is 23.8. The molecule has 0 saturated carbocycles. The van der Waals surface area contributed by atoms with E-state index in [0.29, 0.717) is 11.3 Å². The first-order valence-electron chi connectivity index (χ1n) is 8.96. The third-order valence-electron chi connectivity index (χ3n) is 4.08. The van der Waals surface area contributed by atoms with Gasteiger partial charge in [-0.15, -0.1) is 0 Å². The highest BCUT2D eigenvalue weighted by Crippen LogP contribution is 2.20. The van der Waals surface area contributed by atoms with Crippen LogP contribution in [0.2, 0.25) is 0 Å². The maximum atomic E-state index is 12.0. The predicted molar refractivity (Wildman–Crippen MR) is 108 cm³/mol. The van der Waals surface area contributed by atoms with Gasteiger partial charge >= 0.3 is 5.97 Å². The number of nitrogens with one attached hydrogen (secondary N) is 2. The minimum Gasteiger partial charge on any atom is -0.482 e. The van der Waals surface area contributed by atoms with Gasteiger partial charge in [-0.25, -0.2) is 17.9 Å². The van der Waals surface area contributed by atoms with Gasteiger partial charge in [-0.1, -0.05) is 25.1 Å². The number of hydrogen-bond donors (Lipinski definition) is 2. The maximum Gasteiger partial charge on any atom is 0.344 e. The Balaban J connectivity index is 1.84. The van der Waals surface area contributed by atoms with Gasteiger partial charge in [0.15, 0.2) is 13.2 Å². The van der Waals surface area contributed by atoms with E-state index in [4.69, 9.17) is 9.47 Å². The third kappa shape index (κ3) is 6.58. The van der Waals surface area contributed by atoms with Gasteiger partial charge in [0, 0.05) is 5.69 Å². The van der Waals surface area contributed by atoms with Crippen molar-refractivity contribution in [2.45, 2.75) is 25.2 Å². The molecule has 8 nitrogen and oxygen atoms in total. The second kappa shape index (κ2) is 10.0. The molecule has 2 aromatic carbocycles. The minimum atomic E-state index is -3.65. The van der Waals surface area contributed by atoms with E-state index in [9.17, 15) is 18.0 Å². The van der Waals surface area contributed by atoms with Crippen molar-refractivity contribution < 1.29 is 27.5 Å². The number of benzene rings is 2. The average Bonchev–Trinajstić information content (AvgIpc) is 2.72. The number of anilines is 1. The van der Waals surface area contributed by atoms with Gasteiger partial charge in [-0.05, 0) is 55.8 Å². The second-order valence-corrected chi connectivity index (χ2v) is 8.04. The lowest BCUT2D eigenvalue weighted by Crippen LogP contribution is -2.24. The number of carbonyl (C=O) groups excluding carboxylic acids is 2. The normalized spacial score (nSPS) is 11.0. The van der Waals surface area contributed by atoms with Crippen molar-refractivity contribution in [1.82, 2.24) is 4.72 Å². The fraction of sp³-hybridized carbons (Fsp3) is 0.300. The summed E-state index contributed by atoms with van der Waals surface area (Å²) in [5.74, 6) is -0.758. The lowest BCUT2D eigenvalue weighted by atomic mass is 10.2. The van der Waals surface area contributed by atoms with Crippen molar-refractivity contribution in [3.05, 3.63) is 53.6 Å². The molecule has 9 heteroatoms. The Morgan fingerprint density at radius 2 is 1.72 bits per heavy atom. The fourth-order valence-electron chi connectivity index (χ4n) is 2.43. The molecule has 0 bridgehead atoms. The lowest BCUT2D eigenvalue weighted by molar-refractivity contribution is -0.149. The molecule has 1 amide bonds. The van der Waals surface area contributed by atoms with Gasteiger partial charge < -0.3 is 14.8 Å². The quantitative estimate of drug-likeness (QED) is 0.601. The molecule has 0 fully saturated rings. The summed E-state index contributed by atoms with van der Waals surface area (Å²) in [5, 5.41) is 2.50. The molecule has 2 N–H and O–H groups in total. The summed E-state index contributed by atoms with van der Waals surface area (Å²) in [7, 11) is -2.35. The molecular formula is C20H24N2O6S. The van der Waals surface area contributed by atoms with Gasteiger partial charge in [0.05, 0.1) is 4.90 Å². The monoisotopic (exact) mass is 420 g/mol. The van der Waals surface area contributed by atoms with Crippen molar-refractivity contribution in [3.8, 4) is 5.75 Å².